The first-order chi connectivity index (χ1) is 10.3. The molecule has 1 saturated heterocycles. The van der Waals surface area contributed by atoms with Gasteiger partial charge in [0.2, 0.25) is 0 Å². The van der Waals surface area contributed by atoms with E-state index in [4.69, 9.17) is 0 Å². The molecule has 2 aromatic rings. The number of rotatable bonds is 4. The zero-order valence-electron chi connectivity index (χ0n) is 11.9. The molecule has 1 atom stereocenters. The van der Waals surface area contributed by atoms with E-state index in [9.17, 15) is 0 Å². The fourth-order valence-corrected chi connectivity index (χ4v) is 3.17. The average molecular weight is 347 g/mol. The maximum atomic E-state index is 4.21. The van der Waals surface area contributed by atoms with Gasteiger partial charge in [-0.3, -0.25) is 0 Å². The van der Waals surface area contributed by atoms with Crippen LogP contribution in [-0.4, -0.2) is 29.3 Å². The molecule has 1 N–H and O–H groups in total. The summed E-state index contributed by atoms with van der Waals surface area (Å²) in [6.45, 7) is 2.96. The first kappa shape index (κ1) is 14.5. The van der Waals surface area contributed by atoms with Gasteiger partial charge in [-0.1, -0.05) is 28.1 Å². The summed E-state index contributed by atoms with van der Waals surface area (Å²) in [6, 6.07) is 12.9. The van der Waals surface area contributed by atoms with E-state index >= 15 is 0 Å². The van der Waals surface area contributed by atoms with Crippen LogP contribution in [0.3, 0.4) is 0 Å². The summed E-state index contributed by atoms with van der Waals surface area (Å²) in [5, 5.41) is 11.8. The third-order valence-corrected chi connectivity index (χ3v) is 4.28. The van der Waals surface area contributed by atoms with Crippen LogP contribution in [-0.2, 0) is 6.54 Å². The molecule has 5 heteroatoms. The lowest BCUT2D eigenvalue weighted by molar-refractivity contribution is 0.419. The predicted molar refractivity (Wildman–Crippen MR) is 88.2 cm³/mol. The summed E-state index contributed by atoms with van der Waals surface area (Å²) in [5.41, 5.74) is 1.31. The fraction of sp³-hybridized carbons (Fsp3) is 0.375. The molecular weight excluding hydrogens is 328 g/mol. The average Bonchev–Trinajstić information content (AvgIpc) is 2.54. The second-order valence-corrected chi connectivity index (χ2v) is 6.29. The van der Waals surface area contributed by atoms with Crippen LogP contribution in [0.5, 0.6) is 0 Å². The maximum Gasteiger partial charge on any atom is 0.151 e. The Balaban J connectivity index is 1.57. The van der Waals surface area contributed by atoms with Gasteiger partial charge in [0.15, 0.2) is 5.82 Å². The van der Waals surface area contributed by atoms with Crippen molar-refractivity contribution in [1.29, 1.82) is 0 Å². The molecule has 1 aromatic carbocycles. The molecule has 0 saturated carbocycles. The smallest absolute Gasteiger partial charge is 0.151 e. The molecule has 1 aromatic heterocycles. The molecule has 0 amide bonds. The maximum absolute atomic E-state index is 4.21. The van der Waals surface area contributed by atoms with Crippen molar-refractivity contribution < 1.29 is 0 Å². The number of halogens is 1. The topological polar surface area (TPSA) is 41.0 Å². The van der Waals surface area contributed by atoms with Crippen LogP contribution in [0.25, 0.3) is 0 Å². The first-order valence-corrected chi connectivity index (χ1v) is 8.11. The minimum absolute atomic E-state index is 0.500. The predicted octanol–water partition coefficient (Wildman–Crippen LogP) is 3.00. The highest BCUT2D eigenvalue weighted by atomic mass is 79.9. The summed E-state index contributed by atoms with van der Waals surface area (Å²) in [5.74, 6) is 0.978. The molecule has 1 aliphatic heterocycles. The van der Waals surface area contributed by atoms with Crippen LogP contribution >= 0.6 is 15.9 Å². The summed E-state index contributed by atoms with van der Waals surface area (Å²) in [4.78, 5) is 2.31. The Morgan fingerprint density at radius 2 is 2.24 bits per heavy atom. The molecule has 1 unspecified atom stereocenters. The molecule has 1 fully saturated rings. The highest BCUT2D eigenvalue weighted by Gasteiger charge is 2.20. The molecule has 1 aliphatic rings. The van der Waals surface area contributed by atoms with E-state index < -0.39 is 0 Å². The number of anilines is 1. The van der Waals surface area contributed by atoms with Crippen LogP contribution in [0.4, 0.5) is 5.82 Å². The van der Waals surface area contributed by atoms with Crippen LogP contribution in [0.15, 0.2) is 47.1 Å². The highest BCUT2D eigenvalue weighted by molar-refractivity contribution is 9.10. The van der Waals surface area contributed by atoms with Gasteiger partial charge in [0.1, 0.15) is 0 Å². The number of nitrogens with one attached hydrogen (secondary N) is 1. The van der Waals surface area contributed by atoms with Crippen molar-refractivity contribution in [2.45, 2.75) is 25.4 Å². The van der Waals surface area contributed by atoms with Gasteiger partial charge in [-0.15, -0.1) is 5.10 Å². The first-order valence-electron chi connectivity index (χ1n) is 7.32. The Kier molecular flexibility index (Phi) is 4.83. The van der Waals surface area contributed by atoms with Crippen molar-refractivity contribution in [3.63, 3.8) is 0 Å². The van der Waals surface area contributed by atoms with Crippen molar-refractivity contribution in [1.82, 2.24) is 15.5 Å². The SMILES string of the molecule is Brc1cccc(CNC2CCCN(c3cccnn3)C2)c1. The normalized spacial score (nSPS) is 18.7. The van der Waals surface area contributed by atoms with Gasteiger partial charge in [0, 0.05) is 36.3 Å². The number of piperidine rings is 1. The van der Waals surface area contributed by atoms with Crippen LogP contribution in [0.2, 0.25) is 0 Å². The van der Waals surface area contributed by atoms with E-state index in [-0.39, 0.29) is 0 Å². The Bertz CT molecular complexity index is 575. The fourth-order valence-electron chi connectivity index (χ4n) is 2.72. The molecule has 0 spiro atoms. The number of nitrogens with zero attached hydrogens (tertiary/aromatic N) is 3. The van der Waals surface area contributed by atoms with E-state index in [1.807, 2.05) is 12.1 Å². The minimum atomic E-state index is 0.500. The third-order valence-electron chi connectivity index (χ3n) is 3.79. The van der Waals surface area contributed by atoms with Crippen LogP contribution in [0.1, 0.15) is 18.4 Å². The van der Waals surface area contributed by atoms with Gasteiger partial charge in [0.25, 0.3) is 0 Å². The van der Waals surface area contributed by atoms with E-state index in [1.54, 1.807) is 6.20 Å². The monoisotopic (exact) mass is 346 g/mol. The lowest BCUT2D eigenvalue weighted by Gasteiger charge is -2.33. The zero-order chi connectivity index (χ0) is 14.5. The number of hydrogen-bond acceptors (Lipinski definition) is 4. The summed E-state index contributed by atoms with van der Waals surface area (Å²) in [7, 11) is 0. The van der Waals surface area contributed by atoms with Crippen molar-refractivity contribution in [2.24, 2.45) is 0 Å². The minimum Gasteiger partial charge on any atom is -0.354 e. The molecule has 3 rings (SSSR count). The van der Waals surface area contributed by atoms with Gasteiger partial charge < -0.3 is 10.2 Å². The zero-order valence-corrected chi connectivity index (χ0v) is 13.5. The van der Waals surface area contributed by atoms with E-state index in [0.29, 0.717) is 6.04 Å². The molecule has 4 nitrogen and oxygen atoms in total. The second-order valence-electron chi connectivity index (χ2n) is 5.38. The Hall–Kier alpha value is -1.46. The summed E-state index contributed by atoms with van der Waals surface area (Å²) >= 11 is 3.52. The standard InChI is InChI=1S/C16H19BrN4/c17-14-5-1-4-13(10-14)11-18-15-6-3-9-21(12-15)16-7-2-8-19-20-16/h1-2,4-5,7-8,10,15,18H,3,6,9,11-12H2. The Morgan fingerprint density at radius 3 is 3.05 bits per heavy atom. The van der Waals surface area contributed by atoms with Crippen LogP contribution < -0.4 is 10.2 Å². The van der Waals surface area contributed by atoms with E-state index in [2.05, 4.69) is 60.6 Å². The van der Waals surface area contributed by atoms with Gasteiger partial charge in [0.05, 0.1) is 0 Å². The molecule has 110 valence electrons. The number of aromatic nitrogens is 2. The van der Waals surface area contributed by atoms with E-state index in [0.717, 1.165) is 29.9 Å². The third kappa shape index (κ3) is 4.02. The largest absolute Gasteiger partial charge is 0.354 e. The Morgan fingerprint density at radius 1 is 1.29 bits per heavy atom. The van der Waals surface area contributed by atoms with Gasteiger partial charge in [-0.05, 0) is 42.7 Å². The summed E-state index contributed by atoms with van der Waals surface area (Å²) in [6.07, 6.45) is 4.12. The molecule has 21 heavy (non-hydrogen) atoms. The van der Waals surface area contributed by atoms with Gasteiger partial charge in [-0.25, -0.2) is 0 Å². The lowest BCUT2D eigenvalue weighted by Crippen LogP contribution is -2.45. The highest BCUT2D eigenvalue weighted by Crippen LogP contribution is 2.17. The molecule has 2 heterocycles. The lowest BCUT2D eigenvalue weighted by atomic mass is 10.1. The van der Waals surface area contributed by atoms with E-state index in [1.165, 1.54) is 18.4 Å². The number of hydrogen-bond donors (Lipinski definition) is 1. The quantitative estimate of drug-likeness (QED) is 0.923. The van der Waals surface area contributed by atoms with Gasteiger partial charge in [-0.2, -0.15) is 5.10 Å². The van der Waals surface area contributed by atoms with Crippen molar-refractivity contribution in [3.8, 4) is 0 Å². The van der Waals surface area contributed by atoms with Crippen molar-refractivity contribution in [3.05, 3.63) is 52.6 Å². The number of benzene rings is 1. The second kappa shape index (κ2) is 7.00. The molecule has 0 bridgehead atoms. The van der Waals surface area contributed by atoms with Crippen LogP contribution in [0, 0.1) is 0 Å². The summed E-state index contributed by atoms with van der Waals surface area (Å²) < 4.78 is 1.13. The van der Waals surface area contributed by atoms with Crippen molar-refractivity contribution in [2.75, 3.05) is 18.0 Å². The van der Waals surface area contributed by atoms with Crippen molar-refractivity contribution >= 4 is 21.7 Å². The molecule has 0 radical (unpaired) electrons. The Labute approximate surface area is 133 Å². The molecular formula is C16H19BrN4. The van der Waals surface area contributed by atoms with Gasteiger partial charge >= 0.3 is 0 Å². The molecule has 0 aliphatic carbocycles.